The number of esters is 1. The molecule has 0 spiro atoms. The number of carbonyl (C=O) groups is 5. The van der Waals surface area contributed by atoms with Crippen LogP contribution >= 0.6 is 0 Å². The first-order valence-electron chi connectivity index (χ1n) is 24.0. The van der Waals surface area contributed by atoms with Gasteiger partial charge in [-0.2, -0.15) is 0 Å². The summed E-state index contributed by atoms with van der Waals surface area (Å²) in [4.78, 5) is 58.7. The molecule has 3 amide bonds. The Labute approximate surface area is 349 Å². The van der Waals surface area contributed by atoms with Crippen molar-refractivity contribution in [2.75, 3.05) is 26.2 Å². The van der Waals surface area contributed by atoms with Crippen molar-refractivity contribution in [3.8, 4) is 0 Å². The summed E-state index contributed by atoms with van der Waals surface area (Å²) < 4.78 is 5.30. The number of carbonyl (C=O) groups excluding carboxylic acids is 4. The Morgan fingerprint density at radius 3 is 1.07 bits per heavy atom. The Bertz CT molecular complexity index is 961. The van der Waals surface area contributed by atoms with Gasteiger partial charge in [-0.15, -0.1) is 0 Å². The van der Waals surface area contributed by atoms with E-state index in [-0.39, 0.29) is 55.9 Å². The molecular weight excluding hydrogens is 719 g/mol. The van der Waals surface area contributed by atoms with E-state index < -0.39 is 5.97 Å². The van der Waals surface area contributed by atoms with Crippen LogP contribution in [0.25, 0.3) is 0 Å². The summed E-state index contributed by atoms with van der Waals surface area (Å²) in [6.45, 7) is 4.35. The van der Waals surface area contributed by atoms with Gasteiger partial charge in [0.2, 0.25) is 17.7 Å². The van der Waals surface area contributed by atoms with E-state index in [0.29, 0.717) is 19.6 Å². The summed E-state index contributed by atoms with van der Waals surface area (Å²) >= 11 is 0. The molecule has 0 unspecified atom stereocenters. The van der Waals surface area contributed by atoms with Crippen molar-refractivity contribution in [1.29, 1.82) is 0 Å². The van der Waals surface area contributed by atoms with Crippen molar-refractivity contribution < 1.29 is 33.8 Å². The number of unbranched alkanes of at least 4 members (excludes halogenated alkanes) is 29. The fourth-order valence-electron chi connectivity index (χ4n) is 7.09. The Hall–Kier alpha value is -2.65. The fraction of sp³-hybridized carbons (Fsp3) is 0.894. The molecule has 0 aliphatic carbocycles. The lowest BCUT2D eigenvalue weighted by Gasteiger charge is -2.08. The minimum Gasteiger partial charge on any atom is -0.481 e. The van der Waals surface area contributed by atoms with E-state index in [1.807, 2.05) is 0 Å². The third-order valence-corrected chi connectivity index (χ3v) is 10.8. The molecule has 334 valence electrons. The number of aliphatic carboxylic acids is 1. The molecule has 0 bridgehead atoms. The van der Waals surface area contributed by atoms with Gasteiger partial charge >= 0.3 is 11.9 Å². The van der Waals surface area contributed by atoms with Gasteiger partial charge < -0.3 is 25.8 Å². The van der Waals surface area contributed by atoms with Crippen molar-refractivity contribution in [2.45, 2.75) is 244 Å². The van der Waals surface area contributed by atoms with E-state index in [9.17, 15) is 24.0 Å². The molecule has 0 rings (SSSR count). The Balaban J connectivity index is 3.39. The SMILES string of the molecule is CCCCCCCCCCCCCCCCOC(=O)CCNC(=O)CCC(=O)NCCCCCCCCCCCC(=O)NCCCCCCCCCCCC(=O)O. The highest BCUT2D eigenvalue weighted by atomic mass is 16.5. The van der Waals surface area contributed by atoms with Gasteiger partial charge in [0.1, 0.15) is 0 Å². The van der Waals surface area contributed by atoms with E-state index >= 15 is 0 Å². The summed E-state index contributed by atoms with van der Waals surface area (Å²) in [5.74, 6) is -1.15. The minimum absolute atomic E-state index is 0.114. The molecule has 0 aromatic heterocycles. The first-order valence-corrected chi connectivity index (χ1v) is 24.0. The zero-order valence-electron chi connectivity index (χ0n) is 36.9. The minimum atomic E-state index is -0.698. The van der Waals surface area contributed by atoms with E-state index in [2.05, 4.69) is 22.9 Å². The third-order valence-electron chi connectivity index (χ3n) is 10.8. The van der Waals surface area contributed by atoms with E-state index in [4.69, 9.17) is 9.84 Å². The molecule has 4 N–H and O–H groups in total. The normalized spacial score (nSPS) is 11.0. The maximum atomic E-state index is 12.1. The monoisotopic (exact) mass is 808 g/mol. The van der Waals surface area contributed by atoms with Crippen LogP contribution in [-0.4, -0.2) is 61.0 Å². The molecule has 10 nitrogen and oxygen atoms in total. The summed E-state index contributed by atoms with van der Waals surface area (Å²) in [5, 5.41) is 17.3. The number of hydrogen-bond donors (Lipinski definition) is 4. The van der Waals surface area contributed by atoms with Gasteiger partial charge in [-0.1, -0.05) is 180 Å². The second-order valence-corrected chi connectivity index (χ2v) is 16.4. The highest BCUT2D eigenvalue weighted by Crippen LogP contribution is 2.14. The number of ether oxygens (including phenoxy) is 1. The van der Waals surface area contributed by atoms with Crippen molar-refractivity contribution in [1.82, 2.24) is 16.0 Å². The number of carboxylic acid groups (broad SMARTS) is 1. The van der Waals surface area contributed by atoms with Crippen molar-refractivity contribution in [2.24, 2.45) is 0 Å². The molecular formula is C47H89N3O7. The maximum Gasteiger partial charge on any atom is 0.307 e. The first-order chi connectivity index (χ1) is 27.8. The molecule has 0 fully saturated rings. The molecule has 0 saturated heterocycles. The topological polar surface area (TPSA) is 151 Å². The second kappa shape index (κ2) is 44.5. The predicted octanol–water partition coefficient (Wildman–Crippen LogP) is 11.4. The van der Waals surface area contributed by atoms with Crippen LogP contribution in [0.15, 0.2) is 0 Å². The number of amides is 3. The molecule has 57 heavy (non-hydrogen) atoms. The number of carboxylic acids is 1. The van der Waals surface area contributed by atoms with Crippen LogP contribution in [0.2, 0.25) is 0 Å². The maximum absolute atomic E-state index is 12.1. The van der Waals surface area contributed by atoms with E-state index in [1.54, 1.807) is 0 Å². The highest BCUT2D eigenvalue weighted by Gasteiger charge is 2.09. The van der Waals surface area contributed by atoms with Gasteiger partial charge in [-0.25, -0.2) is 0 Å². The van der Waals surface area contributed by atoms with Crippen molar-refractivity contribution >= 4 is 29.7 Å². The standard InChI is InChI=1S/C47H89N3O7/c1-2-3-4-5-6-7-8-9-10-11-18-23-28-33-42-57-47(56)38-41-50-45(53)37-36-44(52)49-40-32-27-22-16-12-14-19-24-29-34-43(51)48-39-31-26-21-17-13-15-20-25-30-35-46(54)55/h2-42H2,1H3,(H,48,51)(H,49,52)(H,50,53)(H,54,55). The number of rotatable bonds is 45. The van der Waals surface area contributed by atoms with Gasteiger partial charge in [-0.3, -0.25) is 24.0 Å². The lowest BCUT2D eigenvalue weighted by molar-refractivity contribution is -0.143. The van der Waals surface area contributed by atoms with Crippen LogP contribution in [-0.2, 0) is 28.7 Å². The third kappa shape index (κ3) is 45.9. The van der Waals surface area contributed by atoms with Crippen LogP contribution in [0.4, 0.5) is 0 Å². The van der Waals surface area contributed by atoms with Gasteiger partial charge in [0.25, 0.3) is 0 Å². The fourth-order valence-corrected chi connectivity index (χ4v) is 7.09. The quantitative estimate of drug-likeness (QED) is 0.0353. The van der Waals surface area contributed by atoms with Crippen LogP contribution in [0.5, 0.6) is 0 Å². The van der Waals surface area contributed by atoms with E-state index in [0.717, 1.165) is 83.6 Å². The zero-order chi connectivity index (χ0) is 41.7. The summed E-state index contributed by atoms with van der Waals surface area (Å²) in [5.41, 5.74) is 0. The van der Waals surface area contributed by atoms with E-state index in [1.165, 1.54) is 128 Å². The molecule has 0 saturated carbocycles. The van der Waals surface area contributed by atoms with Crippen LogP contribution in [0.3, 0.4) is 0 Å². The molecule has 0 aliphatic heterocycles. The molecule has 0 aromatic rings. The Morgan fingerprint density at radius 2 is 0.667 bits per heavy atom. The van der Waals surface area contributed by atoms with Gasteiger partial charge in [0, 0.05) is 45.3 Å². The average Bonchev–Trinajstić information content (AvgIpc) is 3.19. The van der Waals surface area contributed by atoms with Gasteiger partial charge in [0.05, 0.1) is 13.0 Å². The molecule has 0 aromatic carbocycles. The lowest BCUT2D eigenvalue weighted by atomic mass is 10.0. The Morgan fingerprint density at radius 1 is 0.351 bits per heavy atom. The van der Waals surface area contributed by atoms with Crippen LogP contribution in [0, 0.1) is 0 Å². The predicted molar refractivity (Wildman–Crippen MR) is 234 cm³/mol. The summed E-state index contributed by atoms with van der Waals surface area (Å²) in [6, 6.07) is 0. The van der Waals surface area contributed by atoms with Crippen LogP contribution < -0.4 is 16.0 Å². The summed E-state index contributed by atoms with van der Waals surface area (Å²) in [7, 11) is 0. The number of hydrogen-bond acceptors (Lipinski definition) is 6. The van der Waals surface area contributed by atoms with Gasteiger partial charge in [-0.05, 0) is 32.1 Å². The first kappa shape index (κ1) is 54.3. The average molecular weight is 808 g/mol. The number of nitrogens with one attached hydrogen (secondary N) is 3. The molecule has 10 heteroatoms. The van der Waals surface area contributed by atoms with Gasteiger partial charge in [0.15, 0.2) is 0 Å². The van der Waals surface area contributed by atoms with Crippen molar-refractivity contribution in [3.63, 3.8) is 0 Å². The smallest absolute Gasteiger partial charge is 0.307 e. The summed E-state index contributed by atoms with van der Waals surface area (Å²) in [6.07, 6.45) is 39.3. The second-order valence-electron chi connectivity index (χ2n) is 16.4. The largest absolute Gasteiger partial charge is 0.481 e. The van der Waals surface area contributed by atoms with Crippen LogP contribution in [0.1, 0.15) is 244 Å². The van der Waals surface area contributed by atoms with Crippen molar-refractivity contribution in [3.05, 3.63) is 0 Å². The highest BCUT2D eigenvalue weighted by molar-refractivity contribution is 5.83. The zero-order valence-corrected chi connectivity index (χ0v) is 36.9. The Kier molecular flexibility index (Phi) is 42.4. The molecule has 0 atom stereocenters. The molecule has 0 aliphatic rings. The molecule has 0 heterocycles. The molecule has 0 radical (unpaired) electrons. The lowest BCUT2D eigenvalue weighted by Crippen LogP contribution is -2.29.